The van der Waals surface area contributed by atoms with Gasteiger partial charge in [-0.2, -0.15) is 0 Å². The average Bonchev–Trinajstić information content (AvgIpc) is 2.95. The van der Waals surface area contributed by atoms with Gasteiger partial charge in [0.2, 0.25) is 0 Å². The number of hydrogen-bond acceptors (Lipinski definition) is 12. The molecule has 0 aromatic carbocycles. The second-order valence-electron chi connectivity index (χ2n) is 8.05. The molecule has 18 heteroatoms. The molecule has 0 unspecified atom stereocenters. The largest absolute Gasteiger partial charge is 0.500 e. The number of allylic oxidation sites excluding steroid dienone is 1. The molecule has 0 aliphatic heterocycles. The molecule has 0 spiro atoms. The smallest absolute Gasteiger partial charge is 0.422 e. The average molecular weight is 616 g/mol. The summed E-state index contributed by atoms with van der Waals surface area (Å²) in [5.41, 5.74) is -2.09. The van der Waals surface area contributed by atoms with Gasteiger partial charge in [-0.3, -0.25) is 0 Å². The molecule has 39 heavy (non-hydrogen) atoms. The Morgan fingerprint density at radius 1 is 0.641 bits per heavy atom. The molecule has 1 rings (SSSR count). The molecule has 0 bridgehead atoms. The first-order valence-corrected chi connectivity index (χ1v) is 17.2. The van der Waals surface area contributed by atoms with Crippen LogP contribution in [-0.2, 0) is 60.4 Å². The molecule has 1 heterocycles. The van der Waals surface area contributed by atoms with Crippen molar-refractivity contribution < 1.29 is 40.8 Å². The molecule has 0 atom stereocenters. The van der Waals surface area contributed by atoms with Gasteiger partial charge in [0, 0.05) is 74.9 Å². The molecule has 15 nitrogen and oxygen atoms in total. The molecule has 0 saturated heterocycles. The van der Waals surface area contributed by atoms with Crippen LogP contribution in [0.3, 0.4) is 0 Å². The predicted octanol–water partition coefficient (Wildman–Crippen LogP) is -0.854. The van der Waals surface area contributed by atoms with Gasteiger partial charge >= 0.3 is 34.7 Å². The van der Waals surface area contributed by atoms with Crippen molar-refractivity contribution in [2.24, 2.45) is 0 Å². The summed E-state index contributed by atoms with van der Waals surface area (Å²) in [7, 11) is 6.52. The van der Waals surface area contributed by atoms with Crippen molar-refractivity contribution in [3.05, 3.63) is 43.2 Å². The van der Waals surface area contributed by atoms with E-state index in [-0.39, 0.29) is 19.6 Å². The maximum atomic E-state index is 13.2. The predicted molar refractivity (Wildman–Crippen MR) is 150 cm³/mol. The van der Waals surface area contributed by atoms with Gasteiger partial charge in [0.1, 0.15) is 0 Å². The van der Waals surface area contributed by atoms with Crippen molar-refractivity contribution in [1.29, 1.82) is 0 Å². The van der Waals surface area contributed by atoms with E-state index in [1.165, 1.54) is 56.9 Å². The molecule has 228 valence electrons. The van der Waals surface area contributed by atoms with E-state index in [0.717, 1.165) is 13.7 Å². The summed E-state index contributed by atoms with van der Waals surface area (Å²) in [5, 5.41) is 0.651. The van der Waals surface area contributed by atoms with Crippen LogP contribution in [0.4, 0.5) is 0 Å². The van der Waals surface area contributed by atoms with Gasteiger partial charge in [-0.1, -0.05) is 0 Å². The lowest BCUT2D eigenvalue weighted by Gasteiger charge is -2.24. The van der Waals surface area contributed by atoms with Crippen molar-refractivity contribution >= 4 is 27.4 Å². The lowest BCUT2D eigenvalue weighted by atomic mass is 10.4. The minimum atomic E-state index is -2.89. The third kappa shape index (κ3) is 11.1. The maximum absolute atomic E-state index is 13.2. The first-order chi connectivity index (χ1) is 18.5. The van der Waals surface area contributed by atoms with E-state index in [1.807, 2.05) is 0 Å². The Labute approximate surface area is 233 Å². The SMILES string of the molecule is C=C(Cn1c(=O)n(CCC[Si](OC)(OC)OC)c(=O)n(CCC[Si](OC)(OC)OC)c1=O)[SiH2]OC.COOC. The Hall–Kier alpha value is -1.56. The summed E-state index contributed by atoms with van der Waals surface area (Å²) < 4.78 is 40.8. The minimum absolute atomic E-state index is 0.0161. The third-order valence-electron chi connectivity index (χ3n) is 5.88. The van der Waals surface area contributed by atoms with E-state index >= 15 is 0 Å². The molecule has 0 aliphatic carbocycles. The summed E-state index contributed by atoms with van der Waals surface area (Å²) >= 11 is 0. The van der Waals surface area contributed by atoms with Crippen LogP contribution >= 0.6 is 0 Å². The van der Waals surface area contributed by atoms with Crippen LogP contribution in [0.15, 0.2) is 26.2 Å². The number of aromatic nitrogens is 3. The highest BCUT2D eigenvalue weighted by Gasteiger charge is 2.38. The zero-order valence-corrected chi connectivity index (χ0v) is 28.0. The number of hydrogen-bond donors (Lipinski definition) is 0. The molecule has 0 radical (unpaired) electrons. The van der Waals surface area contributed by atoms with Crippen LogP contribution in [0.5, 0.6) is 0 Å². The maximum Gasteiger partial charge on any atom is 0.500 e. The fourth-order valence-electron chi connectivity index (χ4n) is 3.69. The molecule has 0 saturated carbocycles. The lowest BCUT2D eigenvalue weighted by Crippen LogP contribution is -2.55. The zero-order chi connectivity index (χ0) is 30.1. The summed E-state index contributed by atoms with van der Waals surface area (Å²) in [4.78, 5) is 47.6. The van der Waals surface area contributed by atoms with Gasteiger partial charge in [0.25, 0.3) is 0 Å². The van der Waals surface area contributed by atoms with Crippen LogP contribution in [0, 0.1) is 0 Å². The van der Waals surface area contributed by atoms with E-state index in [2.05, 4.69) is 16.4 Å². The fourth-order valence-corrected chi connectivity index (χ4v) is 7.82. The van der Waals surface area contributed by atoms with Crippen molar-refractivity contribution in [2.45, 2.75) is 44.6 Å². The Balaban J connectivity index is 0.00000336. The Kier molecular flexibility index (Phi) is 18.7. The highest BCUT2D eigenvalue weighted by Crippen LogP contribution is 2.16. The van der Waals surface area contributed by atoms with Crippen LogP contribution < -0.4 is 17.1 Å². The van der Waals surface area contributed by atoms with E-state index in [9.17, 15) is 14.4 Å². The van der Waals surface area contributed by atoms with Gasteiger partial charge in [-0.05, 0) is 18.0 Å². The molecular weight excluding hydrogens is 570 g/mol. The summed E-state index contributed by atoms with van der Waals surface area (Å²) in [6.07, 6.45) is 0.742. The Morgan fingerprint density at radius 2 is 0.974 bits per heavy atom. The number of rotatable bonds is 19. The molecule has 0 fully saturated rings. The summed E-state index contributed by atoms with van der Waals surface area (Å²) in [6, 6.07) is 0.767. The quantitative estimate of drug-likeness (QED) is 0.108. The van der Waals surface area contributed by atoms with E-state index < -0.39 is 44.4 Å². The monoisotopic (exact) mass is 615 g/mol. The molecular formula is C21H45N3O12Si3. The van der Waals surface area contributed by atoms with E-state index in [4.69, 9.17) is 31.0 Å². The molecule has 0 N–H and O–H groups in total. The minimum Gasteiger partial charge on any atom is -0.422 e. The topological polar surface area (TPSA) is 149 Å². The van der Waals surface area contributed by atoms with Gasteiger partial charge in [0.05, 0.1) is 20.8 Å². The Morgan fingerprint density at radius 3 is 1.26 bits per heavy atom. The van der Waals surface area contributed by atoms with Crippen molar-refractivity contribution in [1.82, 2.24) is 13.7 Å². The van der Waals surface area contributed by atoms with Crippen molar-refractivity contribution in [3.63, 3.8) is 0 Å². The van der Waals surface area contributed by atoms with Crippen LogP contribution in [-0.4, -0.2) is 105 Å². The summed E-state index contributed by atoms with van der Waals surface area (Å²) in [6.45, 7) is 4.02. The third-order valence-corrected chi connectivity index (χ3v) is 12.5. The van der Waals surface area contributed by atoms with Crippen molar-refractivity contribution in [3.8, 4) is 0 Å². The van der Waals surface area contributed by atoms with E-state index in [0.29, 0.717) is 30.1 Å². The normalized spacial score (nSPS) is 12.1. The first kappa shape index (κ1) is 37.4. The lowest BCUT2D eigenvalue weighted by molar-refractivity contribution is -0.248. The molecule has 0 aliphatic rings. The van der Waals surface area contributed by atoms with Crippen molar-refractivity contribution in [2.75, 3.05) is 64.0 Å². The van der Waals surface area contributed by atoms with E-state index in [1.54, 1.807) is 7.11 Å². The highest BCUT2D eigenvalue weighted by molar-refractivity contribution is 6.60. The summed E-state index contributed by atoms with van der Waals surface area (Å²) in [5.74, 6) is 0. The van der Waals surface area contributed by atoms with Gasteiger partial charge < -0.3 is 31.0 Å². The zero-order valence-electron chi connectivity index (χ0n) is 24.6. The van der Waals surface area contributed by atoms with Crippen LogP contribution in [0.1, 0.15) is 12.8 Å². The second-order valence-corrected chi connectivity index (χ2v) is 16.1. The molecule has 1 aromatic heterocycles. The second kappa shape index (κ2) is 19.5. The fraction of sp³-hybridized carbons (Fsp3) is 0.762. The number of nitrogens with zero attached hydrogens (tertiary/aromatic N) is 3. The first-order valence-electron chi connectivity index (χ1n) is 12.0. The van der Waals surface area contributed by atoms with Gasteiger partial charge in [-0.25, -0.2) is 37.9 Å². The Bertz CT molecular complexity index is 939. The van der Waals surface area contributed by atoms with Gasteiger partial charge in [-0.15, -0.1) is 6.58 Å². The van der Waals surface area contributed by atoms with Gasteiger partial charge in [0.15, 0.2) is 9.76 Å². The van der Waals surface area contributed by atoms with Crippen LogP contribution in [0.25, 0.3) is 0 Å². The molecule has 1 aromatic rings. The molecule has 0 amide bonds. The standard InChI is InChI=1S/C19H39N3O10Si3.C2H6O2/c1-16(33-26-2)15-22-18(24)20(11-9-13-34(27-3,28-4)29-5)17(23)21(19(22)25)12-10-14-35(30-6,31-7)32-8;1-3-4-2/h1,9-15,33H2,2-8H3;1-2H3. The van der Waals surface area contributed by atoms with Crippen LogP contribution in [0.2, 0.25) is 12.1 Å². The highest BCUT2D eigenvalue weighted by atomic mass is 28.4.